The first-order valence-corrected chi connectivity index (χ1v) is 17.6. The van der Waals surface area contributed by atoms with Crippen molar-refractivity contribution in [2.45, 2.75) is 136 Å². The third-order valence-corrected chi connectivity index (χ3v) is 8.25. The highest BCUT2D eigenvalue weighted by molar-refractivity contribution is 6.08. The number of anilines is 1. The second-order valence-corrected chi connectivity index (χ2v) is 12.1. The molecule has 4 heteroatoms. The summed E-state index contributed by atoms with van der Waals surface area (Å²) >= 11 is 0. The Bertz CT molecular complexity index is 998. The molecule has 0 unspecified atom stereocenters. The Balaban J connectivity index is 1.89. The Labute approximate surface area is 263 Å². The Morgan fingerprint density at radius 2 is 1.19 bits per heavy atom. The summed E-state index contributed by atoms with van der Waals surface area (Å²) in [5.74, 6) is 0.357. The van der Waals surface area contributed by atoms with Crippen LogP contribution >= 0.6 is 0 Å². The number of ketones is 1. The van der Waals surface area contributed by atoms with Gasteiger partial charge in [-0.1, -0.05) is 135 Å². The molecule has 0 heterocycles. The van der Waals surface area contributed by atoms with Crippen molar-refractivity contribution in [2.24, 2.45) is 0 Å². The minimum Gasteiger partial charge on any atom is -0.507 e. The van der Waals surface area contributed by atoms with Crippen molar-refractivity contribution >= 4 is 17.5 Å². The van der Waals surface area contributed by atoms with Crippen LogP contribution in [0.1, 0.15) is 152 Å². The second kappa shape index (κ2) is 23.7. The monoisotopic (exact) mass is 591 g/mol. The summed E-state index contributed by atoms with van der Waals surface area (Å²) in [6.07, 6.45) is 26.3. The van der Waals surface area contributed by atoms with Crippen LogP contribution in [0.5, 0.6) is 11.5 Å². The van der Waals surface area contributed by atoms with E-state index in [0.717, 1.165) is 31.5 Å². The topological polar surface area (TPSA) is 49.8 Å². The molecule has 2 rings (SSSR count). The lowest BCUT2D eigenvalue weighted by Gasteiger charge is -2.25. The number of ether oxygens (including phenoxy) is 1. The van der Waals surface area contributed by atoms with Crippen molar-refractivity contribution in [1.29, 1.82) is 0 Å². The predicted octanol–water partition coefficient (Wildman–Crippen LogP) is 11.6. The van der Waals surface area contributed by atoms with E-state index in [1.807, 2.05) is 6.08 Å². The molecule has 43 heavy (non-hydrogen) atoms. The van der Waals surface area contributed by atoms with Crippen LogP contribution in [-0.4, -0.2) is 30.6 Å². The van der Waals surface area contributed by atoms with Crippen LogP contribution in [0.2, 0.25) is 0 Å². The predicted molar refractivity (Wildman–Crippen MR) is 186 cm³/mol. The number of rotatable bonds is 26. The minimum absolute atomic E-state index is 0.0366. The van der Waals surface area contributed by atoms with Crippen LogP contribution in [0.3, 0.4) is 0 Å². The normalized spacial score (nSPS) is 11.3. The molecule has 0 saturated carbocycles. The van der Waals surface area contributed by atoms with Gasteiger partial charge in [0.1, 0.15) is 11.5 Å². The van der Waals surface area contributed by atoms with Crippen molar-refractivity contribution in [3.8, 4) is 11.5 Å². The first-order valence-electron chi connectivity index (χ1n) is 17.6. The Hall–Kier alpha value is -2.75. The third kappa shape index (κ3) is 16.1. The van der Waals surface area contributed by atoms with Gasteiger partial charge in [0.15, 0.2) is 5.78 Å². The van der Waals surface area contributed by atoms with E-state index in [9.17, 15) is 9.90 Å². The second-order valence-electron chi connectivity index (χ2n) is 12.1. The maximum atomic E-state index is 12.8. The van der Waals surface area contributed by atoms with Crippen LogP contribution < -0.4 is 9.64 Å². The van der Waals surface area contributed by atoms with Gasteiger partial charge in [-0.3, -0.25) is 4.79 Å². The highest BCUT2D eigenvalue weighted by atomic mass is 16.5. The molecule has 0 saturated heterocycles. The maximum Gasteiger partial charge on any atom is 0.189 e. The Morgan fingerprint density at radius 1 is 0.674 bits per heavy atom. The summed E-state index contributed by atoms with van der Waals surface area (Å²) in [4.78, 5) is 15.4. The molecule has 0 aliphatic carbocycles. The van der Waals surface area contributed by atoms with Gasteiger partial charge in [0.05, 0.1) is 12.2 Å². The van der Waals surface area contributed by atoms with Crippen LogP contribution in [0, 0.1) is 0 Å². The van der Waals surface area contributed by atoms with Gasteiger partial charge in [0.25, 0.3) is 0 Å². The molecule has 0 aliphatic heterocycles. The number of allylic oxidation sites excluding steroid dienone is 1. The number of carbonyl (C=O) groups excluding carboxylic acids is 1. The number of phenolic OH excluding ortho intramolecular Hbond substituents is 1. The first-order chi connectivity index (χ1) is 21.1. The van der Waals surface area contributed by atoms with Crippen molar-refractivity contribution in [3.05, 3.63) is 59.7 Å². The van der Waals surface area contributed by atoms with Gasteiger partial charge in [0, 0.05) is 24.8 Å². The van der Waals surface area contributed by atoms with E-state index in [2.05, 4.69) is 49.9 Å². The molecule has 4 nitrogen and oxygen atoms in total. The average molecular weight is 592 g/mol. The largest absolute Gasteiger partial charge is 0.507 e. The van der Waals surface area contributed by atoms with Crippen molar-refractivity contribution in [3.63, 3.8) is 0 Å². The van der Waals surface area contributed by atoms with Gasteiger partial charge >= 0.3 is 0 Å². The highest BCUT2D eigenvalue weighted by Crippen LogP contribution is 2.25. The first kappa shape index (κ1) is 36.4. The number of hydrogen-bond donors (Lipinski definition) is 1. The minimum atomic E-state index is -0.211. The molecule has 0 spiro atoms. The van der Waals surface area contributed by atoms with Gasteiger partial charge < -0.3 is 14.7 Å². The molecule has 1 N–H and O–H groups in total. The summed E-state index contributed by atoms with van der Waals surface area (Å²) < 4.78 is 5.79. The lowest BCUT2D eigenvalue weighted by Crippen LogP contribution is -2.25. The van der Waals surface area contributed by atoms with Gasteiger partial charge in [-0.2, -0.15) is 0 Å². The fourth-order valence-corrected chi connectivity index (χ4v) is 5.48. The summed E-state index contributed by atoms with van der Waals surface area (Å²) in [7, 11) is 0. The highest BCUT2D eigenvalue weighted by Gasteiger charge is 2.10. The van der Waals surface area contributed by atoms with Crippen molar-refractivity contribution in [2.75, 3.05) is 24.6 Å². The van der Waals surface area contributed by atoms with Crippen LogP contribution in [0.15, 0.2) is 48.5 Å². The van der Waals surface area contributed by atoms with Crippen molar-refractivity contribution < 1.29 is 14.6 Å². The Kier molecular flexibility index (Phi) is 20.1. The Morgan fingerprint density at radius 3 is 1.72 bits per heavy atom. The molecule has 0 aromatic heterocycles. The lowest BCUT2D eigenvalue weighted by atomic mass is 10.1. The van der Waals surface area contributed by atoms with E-state index in [1.165, 1.54) is 108 Å². The van der Waals surface area contributed by atoms with E-state index in [1.54, 1.807) is 24.3 Å². The van der Waals surface area contributed by atoms with Crippen LogP contribution in [0.25, 0.3) is 6.08 Å². The molecule has 240 valence electrons. The van der Waals surface area contributed by atoms with Gasteiger partial charge in [-0.05, 0) is 55.2 Å². The van der Waals surface area contributed by atoms with Crippen molar-refractivity contribution in [1.82, 2.24) is 0 Å². The van der Waals surface area contributed by atoms with Gasteiger partial charge in [0.2, 0.25) is 0 Å². The number of benzene rings is 2. The van der Waals surface area contributed by atoms with E-state index in [-0.39, 0.29) is 11.5 Å². The fraction of sp³-hybridized carbons (Fsp3) is 0.615. The number of carbonyl (C=O) groups is 1. The summed E-state index contributed by atoms with van der Waals surface area (Å²) in [6.45, 7) is 9.60. The fourth-order valence-electron chi connectivity index (χ4n) is 5.48. The van der Waals surface area contributed by atoms with E-state index in [0.29, 0.717) is 17.9 Å². The molecule has 0 bridgehead atoms. The van der Waals surface area contributed by atoms with E-state index < -0.39 is 0 Å². The molecular weight excluding hydrogens is 530 g/mol. The zero-order valence-corrected chi connectivity index (χ0v) is 27.8. The summed E-state index contributed by atoms with van der Waals surface area (Å²) in [5.41, 5.74) is 2.54. The summed E-state index contributed by atoms with van der Waals surface area (Å²) in [5, 5.41) is 10.5. The van der Waals surface area contributed by atoms with Crippen LogP contribution in [-0.2, 0) is 0 Å². The zero-order chi connectivity index (χ0) is 31.0. The molecule has 2 aromatic rings. The smallest absolute Gasteiger partial charge is 0.189 e. The van der Waals surface area contributed by atoms with Gasteiger partial charge in [-0.25, -0.2) is 0 Å². The molecular formula is C39H61NO3. The van der Waals surface area contributed by atoms with Gasteiger partial charge in [-0.15, -0.1) is 0 Å². The zero-order valence-electron chi connectivity index (χ0n) is 27.8. The molecule has 0 radical (unpaired) electrons. The lowest BCUT2D eigenvalue weighted by molar-refractivity contribution is 0.104. The SMILES string of the molecule is CCCCCCCCOc1ccc(C(=O)/C=C/c2ccc(N(CCCCCCCC)CCCCCCCC)cc2)c(O)c1. The average Bonchev–Trinajstić information content (AvgIpc) is 3.02. The number of nitrogens with zero attached hydrogens (tertiary/aromatic N) is 1. The number of hydrogen-bond acceptors (Lipinski definition) is 4. The van der Waals surface area contributed by atoms with Crippen LogP contribution in [0.4, 0.5) is 5.69 Å². The summed E-state index contributed by atoms with van der Waals surface area (Å²) in [6, 6.07) is 13.5. The number of unbranched alkanes of at least 4 members (excludes halogenated alkanes) is 15. The molecule has 0 aliphatic rings. The van der Waals surface area contributed by atoms with E-state index in [4.69, 9.17) is 4.74 Å². The maximum absolute atomic E-state index is 12.8. The molecule has 0 fully saturated rings. The number of phenols is 1. The standard InChI is InChI=1S/C39H61NO3/c1-4-7-10-13-16-19-30-40(31-20-17-14-11-8-5-2)35-25-22-34(23-26-35)24-29-38(41)37-28-27-36(33-39(37)42)43-32-21-18-15-12-9-6-3/h22-29,33,42H,4-21,30-32H2,1-3H3/b29-24+. The number of aromatic hydroxyl groups is 1. The quantitative estimate of drug-likeness (QED) is 0.0671. The van der Waals surface area contributed by atoms with E-state index >= 15 is 0 Å². The molecule has 0 atom stereocenters. The molecule has 0 amide bonds. The third-order valence-electron chi connectivity index (χ3n) is 8.25. The molecule has 2 aromatic carbocycles.